The molecule has 1 saturated heterocycles. The summed E-state index contributed by atoms with van der Waals surface area (Å²) >= 11 is 0. The van der Waals surface area contributed by atoms with Gasteiger partial charge in [0.2, 0.25) is 0 Å². The van der Waals surface area contributed by atoms with Crippen molar-refractivity contribution in [1.82, 2.24) is 0 Å². The fourth-order valence-corrected chi connectivity index (χ4v) is 10.6. The lowest BCUT2D eigenvalue weighted by molar-refractivity contribution is -0.313. The van der Waals surface area contributed by atoms with Crippen LogP contribution in [-0.2, 0) is 9.47 Å². The molecule has 5 rings (SSSR count). The third-order valence-corrected chi connectivity index (χ3v) is 13.2. The van der Waals surface area contributed by atoms with Crippen LogP contribution in [0.3, 0.4) is 0 Å². The van der Waals surface area contributed by atoms with Crippen LogP contribution in [0.15, 0.2) is 23.8 Å². The average Bonchev–Trinajstić information content (AvgIpc) is 3.30. The molecule has 0 unspecified atom stereocenters. The SMILES string of the molecule is C=C(C)[C@H](CC)CC[C@@H](C)[C@H]1CC[C@H]2[C@@H]3CC=C4C[C@@H](O[C@@H]5O[C@H](CO)[C@@H](O)[C@H](O)[C@H]5O)CC[C@]4(C)[C@H]3CC[C@]12C. The molecule has 0 aromatic rings. The molecular formula is C35H58O6. The summed E-state index contributed by atoms with van der Waals surface area (Å²) in [5.74, 6) is 4.57. The summed E-state index contributed by atoms with van der Waals surface area (Å²) in [4.78, 5) is 0. The molecule has 0 bridgehead atoms. The molecule has 0 aromatic heterocycles. The van der Waals surface area contributed by atoms with Crippen molar-refractivity contribution in [3.63, 3.8) is 0 Å². The van der Waals surface area contributed by atoms with Crippen LogP contribution in [0.25, 0.3) is 0 Å². The fraction of sp³-hybridized carbons (Fsp3) is 0.886. The molecule has 0 aromatic carbocycles. The number of aliphatic hydroxyl groups excluding tert-OH is 4. The van der Waals surface area contributed by atoms with Gasteiger partial charge in [-0.25, -0.2) is 0 Å². The van der Waals surface area contributed by atoms with E-state index in [0.717, 1.165) is 55.3 Å². The molecule has 1 heterocycles. The highest BCUT2D eigenvalue weighted by atomic mass is 16.7. The first-order chi connectivity index (χ1) is 19.4. The van der Waals surface area contributed by atoms with E-state index in [4.69, 9.17) is 9.47 Å². The number of hydrogen-bond acceptors (Lipinski definition) is 6. The Morgan fingerprint density at radius 2 is 1.80 bits per heavy atom. The van der Waals surface area contributed by atoms with Gasteiger partial charge in [-0.05, 0) is 124 Å². The smallest absolute Gasteiger partial charge is 0.186 e. The van der Waals surface area contributed by atoms with Crippen molar-refractivity contribution in [1.29, 1.82) is 0 Å². The number of ether oxygens (including phenoxy) is 2. The largest absolute Gasteiger partial charge is 0.394 e. The van der Waals surface area contributed by atoms with Crippen molar-refractivity contribution in [2.24, 2.45) is 46.3 Å². The first-order valence-corrected chi connectivity index (χ1v) is 16.7. The van der Waals surface area contributed by atoms with E-state index in [1.807, 2.05) is 0 Å². The van der Waals surface area contributed by atoms with Gasteiger partial charge in [-0.1, -0.05) is 51.5 Å². The Kier molecular flexibility index (Phi) is 9.51. The van der Waals surface area contributed by atoms with Crippen molar-refractivity contribution >= 4 is 0 Å². The van der Waals surface area contributed by atoms with E-state index < -0.39 is 37.3 Å². The van der Waals surface area contributed by atoms with Crippen LogP contribution in [0.1, 0.15) is 105 Å². The summed E-state index contributed by atoms with van der Waals surface area (Å²) < 4.78 is 11.9. The van der Waals surface area contributed by atoms with Gasteiger partial charge in [0.1, 0.15) is 24.4 Å². The topological polar surface area (TPSA) is 99.4 Å². The maximum atomic E-state index is 10.5. The predicted octanol–water partition coefficient (Wildman–Crippen LogP) is 5.77. The summed E-state index contributed by atoms with van der Waals surface area (Å²) in [5.41, 5.74) is 3.49. The molecule has 41 heavy (non-hydrogen) atoms. The number of hydrogen-bond donors (Lipinski definition) is 4. The molecular weight excluding hydrogens is 516 g/mol. The molecule has 6 nitrogen and oxygen atoms in total. The first kappa shape index (κ1) is 31.7. The molecule has 3 saturated carbocycles. The lowest BCUT2D eigenvalue weighted by atomic mass is 9.47. The van der Waals surface area contributed by atoms with Gasteiger partial charge in [0, 0.05) is 0 Å². The van der Waals surface area contributed by atoms with Crippen molar-refractivity contribution in [3.8, 4) is 0 Å². The van der Waals surface area contributed by atoms with Gasteiger partial charge < -0.3 is 29.9 Å². The van der Waals surface area contributed by atoms with Crippen LogP contribution in [-0.4, -0.2) is 63.8 Å². The van der Waals surface area contributed by atoms with Crippen molar-refractivity contribution in [2.75, 3.05) is 6.61 Å². The number of fused-ring (bicyclic) bond motifs is 5. The van der Waals surface area contributed by atoms with Gasteiger partial charge >= 0.3 is 0 Å². The van der Waals surface area contributed by atoms with E-state index in [-0.39, 0.29) is 11.5 Å². The minimum absolute atomic E-state index is 0.107. The molecule has 1 aliphatic heterocycles. The molecule has 4 aliphatic carbocycles. The van der Waals surface area contributed by atoms with Crippen LogP contribution in [0, 0.1) is 46.3 Å². The molecule has 14 atom stereocenters. The third kappa shape index (κ3) is 5.64. The lowest BCUT2D eigenvalue weighted by Gasteiger charge is -2.58. The minimum Gasteiger partial charge on any atom is -0.394 e. The highest BCUT2D eigenvalue weighted by molar-refractivity contribution is 5.25. The minimum atomic E-state index is -1.40. The Bertz CT molecular complexity index is 962. The van der Waals surface area contributed by atoms with Crippen LogP contribution >= 0.6 is 0 Å². The zero-order chi connectivity index (χ0) is 29.7. The Hall–Kier alpha value is -0.760. The monoisotopic (exact) mass is 574 g/mol. The average molecular weight is 575 g/mol. The maximum absolute atomic E-state index is 10.5. The Morgan fingerprint density at radius 1 is 1.05 bits per heavy atom. The maximum Gasteiger partial charge on any atom is 0.186 e. The molecule has 4 fully saturated rings. The van der Waals surface area contributed by atoms with Crippen LogP contribution < -0.4 is 0 Å². The second-order valence-corrected chi connectivity index (χ2v) is 15.2. The highest BCUT2D eigenvalue weighted by Crippen LogP contribution is 2.67. The summed E-state index contributed by atoms with van der Waals surface area (Å²) in [5, 5.41) is 40.4. The van der Waals surface area contributed by atoms with Crippen LogP contribution in [0.4, 0.5) is 0 Å². The number of allylic oxidation sites excluding steroid dienone is 2. The zero-order valence-corrected chi connectivity index (χ0v) is 26.3. The molecule has 4 N–H and O–H groups in total. The van der Waals surface area contributed by atoms with Crippen LogP contribution in [0.2, 0.25) is 0 Å². The van der Waals surface area contributed by atoms with Gasteiger partial charge in [0.25, 0.3) is 0 Å². The van der Waals surface area contributed by atoms with Crippen molar-refractivity contribution < 1.29 is 29.9 Å². The van der Waals surface area contributed by atoms with E-state index in [9.17, 15) is 20.4 Å². The summed E-state index contributed by atoms with van der Waals surface area (Å²) in [6.07, 6.45) is 9.51. The molecule has 6 heteroatoms. The van der Waals surface area contributed by atoms with E-state index in [1.165, 1.54) is 56.1 Å². The standard InChI is InChI=1S/C35H58O6/c1-7-22(20(2)3)9-8-21(4)26-12-13-27-25-11-10-23-18-24(14-16-34(23,5)28(25)15-17-35(26,27)6)40-33-32(39)31(38)30(37)29(19-36)41-33/h10,21-22,24-33,36-39H,2,7-9,11-19H2,1,3-6H3/t21-,22-,24+,25+,26-,27+,28+,29-,30-,31+,32-,33-,34+,35-/m1/s1. The summed E-state index contributed by atoms with van der Waals surface area (Å²) in [6, 6.07) is 0. The number of aliphatic hydroxyl groups is 4. The first-order valence-electron chi connectivity index (χ1n) is 16.7. The quantitative estimate of drug-likeness (QED) is 0.261. The Balaban J connectivity index is 1.24. The normalized spacial score (nSPS) is 47.5. The second kappa shape index (κ2) is 12.3. The summed E-state index contributed by atoms with van der Waals surface area (Å²) in [7, 11) is 0. The molecule has 5 aliphatic rings. The van der Waals surface area contributed by atoms with Gasteiger partial charge in [-0.2, -0.15) is 0 Å². The Morgan fingerprint density at radius 3 is 2.49 bits per heavy atom. The predicted molar refractivity (Wildman–Crippen MR) is 161 cm³/mol. The zero-order valence-electron chi connectivity index (χ0n) is 26.3. The highest BCUT2D eigenvalue weighted by Gasteiger charge is 2.59. The summed E-state index contributed by atoms with van der Waals surface area (Å²) in [6.45, 7) is 16.0. The molecule has 0 spiro atoms. The molecule has 0 amide bonds. The van der Waals surface area contributed by atoms with Gasteiger partial charge in [-0.3, -0.25) is 0 Å². The van der Waals surface area contributed by atoms with E-state index in [1.54, 1.807) is 0 Å². The van der Waals surface area contributed by atoms with Gasteiger partial charge in [0.05, 0.1) is 12.7 Å². The third-order valence-electron chi connectivity index (χ3n) is 13.2. The van der Waals surface area contributed by atoms with Gasteiger partial charge in [0.15, 0.2) is 6.29 Å². The van der Waals surface area contributed by atoms with Crippen molar-refractivity contribution in [3.05, 3.63) is 23.8 Å². The Labute approximate surface area is 248 Å². The van der Waals surface area contributed by atoms with E-state index >= 15 is 0 Å². The molecule has 0 radical (unpaired) electrons. The lowest BCUT2D eigenvalue weighted by Crippen LogP contribution is -2.60. The second-order valence-electron chi connectivity index (χ2n) is 15.2. The number of rotatable bonds is 9. The van der Waals surface area contributed by atoms with E-state index in [0.29, 0.717) is 11.3 Å². The van der Waals surface area contributed by atoms with Gasteiger partial charge in [-0.15, -0.1) is 0 Å². The molecule has 234 valence electrons. The van der Waals surface area contributed by atoms with Crippen LogP contribution in [0.5, 0.6) is 0 Å². The van der Waals surface area contributed by atoms with E-state index in [2.05, 4.69) is 47.3 Å². The van der Waals surface area contributed by atoms with Crippen molar-refractivity contribution in [2.45, 2.75) is 142 Å². The fourth-order valence-electron chi connectivity index (χ4n) is 10.6.